The maximum atomic E-state index is 13.3. The van der Waals surface area contributed by atoms with E-state index in [4.69, 9.17) is 5.41 Å². The van der Waals surface area contributed by atoms with Crippen LogP contribution >= 0.6 is 0 Å². The molecule has 0 unspecified atom stereocenters. The fourth-order valence-corrected chi connectivity index (χ4v) is 3.77. The summed E-state index contributed by atoms with van der Waals surface area (Å²) in [7, 11) is 0. The van der Waals surface area contributed by atoms with Gasteiger partial charge in [0, 0.05) is 12.2 Å². The van der Waals surface area contributed by atoms with Crippen molar-refractivity contribution < 1.29 is 0 Å². The van der Waals surface area contributed by atoms with Crippen LogP contribution in [0.4, 0.5) is 0 Å². The zero-order chi connectivity index (χ0) is 21.1. The second-order valence-corrected chi connectivity index (χ2v) is 7.37. The Morgan fingerprint density at radius 3 is 2.20 bits per heavy atom. The minimum atomic E-state index is -0.140. The lowest BCUT2D eigenvalue weighted by atomic mass is 10.1. The van der Waals surface area contributed by atoms with Gasteiger partial charge in [0.2, 0.25) is 0 Å². The molecule has 0 bridgehead atoms. The molecule has 2 heterocycles. The maximum Gasteiger partial charge on any atom is 0.260 e. The van der Waals surface area contributed by atoms with Crippen LogP contribution in [0.1, 0.15) is 22.4 Å². The Hall–Kier alpha value is -3.91. The first-order valence-electron chi connectivity index (χ1n) is 9.89. The number of benzene rings is 2. The molecule has 30 heavy (non-hydrogen) atoms. The van der Waals surface area contributed by atoms with Crippen molar-refractivity contribution in [2.75, 3.05) is 0 Å². The van der Waals surface area contributed by atoms with Crippen molar-refractivity contribution in [3.8, 4) is 6.07 Å². The van der Waals surface area contributed by atoms with Crippen LogP contribution in [0, 0.1) is 23.7 Å². The van der Waals surface area contributed by atoms with Gasteiger partial charge in [0.25, 0.3) is 5.56 Å². The standard InChI is InChI=1S/C25H22N4O/c1-18-14-23-22(25(30)29(18)17-20-10-6-3-7-11-20)15-21(16-26)24(27)28(23)13-12-19-8-4-2-5-9-19/h2-11,14-15,27H,12-13,17H2,1H3. The van der Waals surface area contributed by atoms with Crippen molar-refractivity contribution in [3.05, 3.63) is 111 Å². The summed E-state index contributed by atoms with van der Waals surface area (Å²) in [5.41, 5.74) is 3.92. The Morgan fingerprint density at radius 2 is 1.57 bits per heavy atom. The predicted octanol–water partition coefficient (Wildman–Crippen LogP) is 3.75. The van der Waals surface area contributed by atoms with E-state index in [1.165, 1.54) is 0 Å². The van der Waals surface area contributed by atoms with E-state index in [1.54, 1.807) is 15.2 Å². The molecule has 0 radical (unpaired) electrons. The summed E-state index contributed by atoms with van der Waals surface area (Å²) in [4.78, 5) is 13.3. The molecule has 5 nitrogen and oxygen atoms in total. The molecule has 0 atom stereocenters. The summed E-state index contributed by atoms with van der Waals surface area (Å²) >= 11 is 0. The summed E-state index contributed by atoms with van der Waals surface area (Å²) in [6.07, 6.45) is 0.716. The van der Waals surface area contributed by atoms with E-state index < -0.39 is 0 Å². The first-order valence-corrected chi connectivity index (χ1v) is 9.89. The highest BCUT2D eigenvalue weighted by molar-refractivity contribution is 5.79. The summed E-state index contributed by atoms with van der Waals surface area (Å²) in [6, 6.07) is 25.4. The van der Waals surface area contributed by atoms with Gasteiger partial charge in [-0.3, -0.25) is 10.2 Å². The second kappa shape index (κ2) is 8.22. The van der Waals surface area contributed by atoms with Gasteiger partial charge >= 0.3 is 0 Å². The van der Waals surface area contributed by atoms with Crippen molar-refractivity contribution >= 4 is 10.9 Å². The van der Waals surface area contributed by atoms with Gasteiger partial charge in [-0.15, -0.1) is 0 Å². The van der Waals surface area contributed by atoms with Crippen LogP contribution < -0.4 is 11.0 Å². The molecule has 1 N–H and O–H groups in total. The third-order valence-electron chi connectivity index (χ3n) is 5.40. The summed E-state index contributed by atoms with van der Waals surface area (Å²) in [5, 5.41) is 18.5. The lowest BCUT2D eigenvalue weighted by molar-refractivity contribution is 0.669. The number of nitrogens with one attached hydrogen (secondary N) is 1. The summed E-state index contributed by atoms with van der Waals surface area (Å²) < 4.78 is 3.51. The van der Waals surface area contributed by atoms with E-state index in [-0.39, 0.29) is 16.6 Å². The topological polar surface area (TPSA) is 74.6 Å². The molecule has 148 valence electrons. The van der Waals surface area contributed by atoms with Crippen LogP contribution in [0.2, 0.25) is 0 Å². The van der Waals surface area contributed by atoms with E-state index in [2.05, 4.69) is 6.07 Å². The lowest BCUT2D eigenvalue weighted by Crippen LogP contribution is -2.29. The fraction of sp³-hybridized carbons (Fsp3) is 0.160. The Bertz CT molecular complexity index is 1360. The summed E-state index contributed by atoms with van der Waals surface area (Å²) in [5.74, 6) is 0. The van der Waals surface area contributed by atoms with Gasteiger partial charge in [-0.2, -0.15) is 5.26 Å². The smallest absolute Gasteiger partial charge is 0.260 e. The van der Waals surface area contributed by atoms with Crippen LogP contribution in [-0.4, -0.2) is 9.13 Å². The maximum absolute atomic E-state index is 13.3. The molecule has 2 aromatic heterocycles. The molecule has 0 amide bonds. The van der Waals surface area contributed by atoms with Crippen LogP contribution in [0.5, 0.6) is 0 Å². The Labute approximate surface area is 174 Å². The molecule has 0 fully saturated rings. The van der Waals surface area contributed by atoms with Crippen molar-refractivity contribution in [2.45, 2.75) is 26.4 Å². The van der Waals surface area contributed by atoms with E-state index in [9.17, 15) is 10.1 Å². The molecule has 0 aliphatic heterocycles. The zero-order valence-electron chi connectivity index (χ0n) is 16.8. The second-order valence-electron chi connectivity index (χ2n) is 7.37. The monoisotopic (exact) mass is 394 g/mol. The number of aryl methyl sites for hydroxylation is 3. The third kappa shape index (κ3) is 3.68. The van der Waals surface area contributed by atoms with Gasteiger partial charge in [-0.05, 0) is 36.6 Å². The number of aromatic nitrogens is 2. The Kier molecular flexibility index (Phi) is 5.32. The number of hydrogen-bond acceptors (Lipinski definition) is 3. The highest BCUT2D eigenvalue weighted by Gasteiger charge is 2.13. The normalized spacial score (nSPS) is 10.8. The van der Waals surface area contributed by atoms with Gasteiger partial charge in [-0.1, -0.05) is 60.7 Å². The van der Waals surface area contributed by atoms with Gasteiger partial charge in [0.1, 0.15) is 11.6 Å². The third-order valence-corrected chi connectivity index (χ3v) is 5.40. The lowest BCUT2D eigenvalue weighted by Gasteiger charge is -2.16. The zero-order valence-corrected chi connectivity index (χ0v) is 16.8. The van der Waals surface area contributed by atoms with Crippen LogP contribution in [0.3, 0.4) is 0 Å². The Balaban J connectivity index is 1.85. The van der Waals surface area contributed by atoms with E-state index in [1.807, 2.05) is 73.7 Å². The quantitative estimate of drug-likeness (QED) is 0.560. The van der Waals surface area contributed by atoms with Gasteiger partial charge in [0.05, 0.1) is 23.0 Å². The summed E-state index contributed by atoms with van der Waals surface area (Å²) in [6.45, 7) is 2.90. The van der Waals surface area contributed by atoms with Crippen LogP contribution in [0.15, 0.2) is 77.6 Å². The molecule has 2 aromatic carbocycles. The van der Waals surface area contributed by atoms with Gasteiger partial charge in [-0.25, -0.2) is 0 Å². The van der Waals surface area contributed by atoms with Crippen molar-refractivity contribution in [1.82, 2.24) is 9.13 Å². The van der Waals surface area contributed by atoms with Crippen LogP contribution in [-0.2, 0) is 19.5 Å². The number of hydrogen-bond donors (Lipinski definition) is 1. The van der Waals surface area contributed by atoms with Crippen molar-refractivity contribution in [2.24, 2.45) is 0 Å². The van der Waals surface area contributed by atoms with Gasteiger partial charge in [0.15, 0.2) is 0 Å². The SMILES string of the molecule is Cc1cc2c(cc(C#N)c(=N)n2CCc2ccccc2)c(=O)n1Cc1ccccc1. The molecule has 0 aliphatic carbocycles. The number of fused-ring (bicyclic) bond motifs is 1. The molecule has 4 rings (SSSR count). The molecule has 4 aromatic rings. The predicted molar refractivity (Wildman–Crippen MR) is 117 cm³/mol. The molecule has 5 heteroatoms. The average Bonchev–Trinajstić information content (AvgIpc) is 2.77. The molecule has 0 aliphatic rings. The van der Waals surface area contributed by atoms with E-state index in [0.29, 0.717) is 30.4 Å². The van der Waals surface area contributed by atoms with Gasteiger partial charge < -0.3 is 9.13 Å². The molecular weight excluding hydrogens is 372 g/mol. The minimum Gasteiger partial charge on any atom is -0.325 e. The van der Waals surface area contributed by atoms with E-state index in [0.717, 1.165) is 16.8 Å². The molecule has 0 saturated heterocycles. The number of nitrogens with zero attached hydrogens (tertiary/aromatic N) is 3. The van der Waals surface area contributed by atoms with Crippen molar-refractivity contribution in [1.29, 1.82) is 10.7 Å². The number of pyridine rings is 2. The molecule has 0 spiro atoms. The number of nitriles is 1. The number of rotatable bonds is 5. The molecular formula is C25H22N4O. The average molecular weight is 394 g/mol. The highest BCUT2D eigenvalue weighted by Crippen LogP contribution is 2.15. The first-order chi connectivity index (χ1) is 14.6. The Morgan fingerprint density at radius 1 is 0.933 bits per heavy atom. The van der Waals surface area contributed by atoms with Crippen LogP contribution in [0.25, 0.3) is 10.9 Å². The first kappa shape index (κ1) is 19.4. The minimum absolute atomic E-state index is 0.139. The molecule has 0 saturated carbocycles. The largest absolute Gasteiger partial charge is 0.325 e. The van der Waals surface area contributed by atoms with Crippen molar-refractivity contribution in [3.63, 3.8) is 0 Å². The fourth-order valence-electron chi connectivity index (χ4n) is 3.77. The van der Waals surface area contributed by atoms with E-state index >= 15 is 0 Å². The highest BCUT2D eigenvalue weighted by atomic mass is 16.1.